The molecule has 1 N–H and O–H groups in total. The standard InChI is InChI=1S/C15H18ClNO3/c1-15(2,3)20-14(19)17-8-7-10(9-17)11-5-4-6-12(18)13(11)16/h4-7,18H,8-9H2,1-3H3. The van der Waals surface area contributed by atoms with E-state index >= 15 is 0 Å². The van der Waals surface area contributed by atoms with Crippen molar-refractivity contribution in [3.8, 4) is 5.75 Å². The first-order chi connectivity index (χ1) is 9.28. The molecule has 0 radical (unpaired) electrons. The number of halogens is 1. The Hall–Kier alpha value is -1.68. The molecule has 20 heavy (non-hydrogen) atoms. The van der Waals surface area contributed by atoms with Crippen LogP contribution in [-0.2, 0) is 4.74 Å². The van der Waals surface area contributed by atoms with Crippen LogP contribution in [0.3, 0.4) is 0 Å². The van der Waals surface area contributed by atoms with Crippen LogP contribution in [0.4, 0.5) is 4.79 Å². The fourth-order valence-corrected chi connectivity index (χ4v) is 2.23. The lowest BCUT2D eigenvalue weighted by Gasteiger charge is -2.24. The zero-order valence-corrected chi connectivity index (χ0v) is 12.6. The number of hydrogen-bond donors (Lipinski definition) is 1. The van der Waals surface area contributed by atoms with Crippen LogP contribution >= 0.6 is 11.6 Å². The van der Waals surface area contributed by atoms with Crippen LogP contribution in [0.2, 0.25) is 5.02 Å². The van der Waals surface area contributed by atoms with Crippen LogP contribution in [-0.4, -0.2) is 34.8 Å². The second-order valence-electron chi connectivity index (χ2n) is 5.73. The summed E-state index contributed by atoms with van der Waals surface area (Å²) in [6.45, 7) is 6.42. The molecule has 1 aromatic rings. The molecule has 0 aliphatic carbocycles. The first-order valence-corrected chi connectivity index (χ1v) is 6.80. The van der Waals surface area contributed by atoms with Gasteiger partial charge in [0.15, 0.2) is 0 Å². The van der Waals surface area contributed by atoms with E-state index in [1.807, 2.05) is 32.9 Å². The van der Waals surface area contributed by atoms with Crippen LogP contribution in [0.15, 0.2) is 24.3 Å². The van der Waals surface area contributed by atoms with Gasteiger partial charge >= 0.3 is 6.09 Å². The van der Waals surface area contributed by atoms with Crippen LogP contribution < -0.4 is 0 Å². The van der Waals surface area contributed by atoms with Crippen molar-refractivity contribution < 1.29 is 14.6 Å². The second kappa shape index (κ2) is 5.37. The third-order valence-corrected chi connectivity index (χ3v) is 3.29. The lowest BCUT2D eigenvalue weighted by atomic mass is 10.1. The number of carbonyl (C=O) groups is 1. The second-order valence-corrected chi connectivity index (χ2v) is 6.11. The molecule has 0 saturated heterocycles. The van der Waals surface area contributed by atoms with Crippen molar-refractivity contribution in [2.75, 3.05) is 13.1 Å². The Labute approximate surface area is 123 Å². The molecule has 108 valence electrons. The fourth-order valence-electron chi connectivity index (χ4n) is 1.98. The summed E-state index contributed by atoms with van der Waals surface area (Å²) in [6, 6.07) is 5.09. The van der Waals surface area contributed by atoms with Gasteiger partial charge in [0, 0.05) is 18.7 Å². The monoisotopic (exact) mass is 295 g/mol. The lowest BCUT2D eigenvalue weighted by Crippen LogP contribution is -2.35. The SMILES string of the molecule is CC(C)(C)OC(=O)N1CC=C(c2cccc(O)c2Cl)C1. The number of carbonyl (C=O) groups excluding carboxylic acids is 1. The number of aromatic hydroxyl groups is 1. The summed E-state index contributed by atoms with van der Waals surface area (Å²) in [5, 5.41) is 9.93. The van der Waals surface area contributed by atoms with Gasteiger partial charge < -0.3 is 14.7 Å². The molecule has 0 unspecified atom stereocenters. The maximum atomic E-state index is 12.0. The number of phenols is 1. The minimum Gasteiger partial charge on any atom is -0.506 e. The van der Waals surface area contributed by atoms with Crippen molar-refractivity contribution in [2.45, 2.75) is 26.4 Å². The molecule has 1 amide bonds. The van der Waals surface area contributed by atoms with Gasteiger partial charge in [0.05, 0.1) is 5.02 Å². The maximum absolute atomic E-state index is 12.0. The van der Waals surface area contributed by atoms with E-state index in [0.29, 0.717) is 18.1 Å². The van der Waals surface area contributed by atoms with E-state index in [2.05, 4.69) is 0 Å². The quantitative estimate of drug-likeness (QED) is 0.860. The Bertz CT molecular complexity index is 561. The molecule has 0 atom stereocenters. The number of nitrogens with zero attached hydrogens (tertiary/aromatic N) is 1. The molecule has 0 fully saturated rings. The highest BCUT2D eigenvalue weighted by atomic mass is 35.5. The molecule has 0 aromatic heterocycles. The fraction of sp³-hybridized carbons (Fsp3) is 0.400. The van der Waals surface area contributed by atoms with Gasteiger partial charge in [-0.3, -0.25) is 0 Å². The summed E-state index contributed by atoms with van der Waals surface area (Å²) in [5.74, 6) is 0.0424. The van der Waals surface area contributed by atoms with Crippen LogP contribution in [0.1, 0.15) is 26.3 Å². The summed E-state index contributed by atoms with van der Waals surface area (Å²) < 4.78 is 5.33. The van der Waals surface area contributed by atoms with Gasteiger partial charge in [-0.15, -0.1) is 0 Å². The Kier molecular flexibility index (Phi) is 3.95. The number of benzene rings is 1. The number of phenolic OH excluding ortho intramolecular Hbond substituents is 1. The number of hydrogen-bond acceptors (Lipinski definition) is 3. The first kappa shape index (κ1) is 14.7. The third kappa shape index (κ3) is 3.25. The Morgan fingerprint density at radius 2 is 2.10 bits per heavy atom. The van der Waals surface area contributed by atoms with Crippen LogP contribution in [0.5, 0.6) is 5.75 Å². The summed E-state index contributed by atoms with van der Waals surface area (Å²) in [7, 11) is 0. The number of amides is 1. The number of ether oxygens (including phenoxy) is 1. The molecule has 0 saturated carbocycles. The predicted octanol–water partition coefficient (Wildman–Crippen LogP) is 3.68. The van der Waals surface area contributed by atoms with Crippen molar-refractivity contribution in [3.63, 3.8) is 0 Å². The topological polar surface area (TPSA) is 49.8 Å². The molecular formula is C15H18ClNO3. The van der Waals surface area contributed by atoms with Gasteiger partial charge in [0.1, 0.15) is 11.4 Å². The van der Waals surface area contributed by atoms with Gasteiger partial charge in [-0.2, -0.15) is 0 Å². The summed E-state index contributed by atoms with van der Waals surface area (Å²) in [4.78, 5) is 13.6. The van der Waals surface area contributed by atoms with Crippen molar-refractivity contribution >= 4 is 23.3 Å². The van der Waals surface area contributed by atoms with E-state index < -0.39 is 5.60 Å². The van der Waals surface area contributed by atoms with E-state index in [1.54, 1.807) is 11.0 Å². The molecule has 1 aliphatic heterocycles. The van der Waals surface area contributed by atoms with E-state index in [9.17, 15) is 9.90 Å². The maximum Gasteiger partial charge on any atom is 0.410 e. The molecule has 5 heteroatoms. The third-order valence-electron chi connectivity index (χ3n) is 2.90. The van der Waals surface area contributed by atoms with Crippen molar-refractivity contribution in [1.82, 2.24) is 4.90 Å². The summed E-state index contributed by atoms with van der Waals surface area (Å²) >= 11 is 6.08. The van der Waals surface area contributed by atoms with Crippen molar-refractivity contribution in [3.05, 3.63) is 34.9 Å². The summed E-state index contributed by atoms with van der Waals surface area (Å²) in [5.41, 5.74) is 1.15. The molecular weight excluding hydrogens is 278 g/mol. The molecule has 0 bridgehead atoms. The minimum atomic E-state index is -0.511. The van der Waals surface area contributed by atoms with Crippen LogP contribution in [0.25, 0.3) is 5.57 Å². The number of rotatable bonds is 1. The Morgan fingerprint density at radius 1 is 1.40 bits per heavy atom. The average molecular weight is 296 g/mol. The zero-order chi connectivity index (χ0) is 14.9. The van der Waals surface area contributed by atoms with Gasteiger partial charge in [0.25, 0.3) is 0 Å². The largest absolute Gasteiger partial charge is 0.506 e. The van der Waals surface area contributed by atoms with Gasteiger partial charge in [0.2, 0.25) is 0 Å². The Balaban J connectivity index is 2.09. The molecule has 2 rings (SSSR count). The molecule has 1 heterocycles. The van der Waals surface area contributed by atoms with Crippen molar-refractivity contribution in [1.29, 1.82) is 0 Å². The minimum absolute atomic E-state index is 0.0424. The van der Waals surface area contributed by atoms with E-state index in [4.69, 9.17) is 16.3 Å². The van der Waals surface area contributed by atoms with Gasteiger partial charge in [-0.25, -0.2) is 4.79 Å². The molecule has 1 aromatic carbocycles. The highest BCUT2D eigenvalue weighted by molar-refractivity contribution is 6.33. The first-order valence-electron chi connectivity index (χ1n) is 6.43. The van der Waals surface area contributed by atoms with Crippen LogP contribution in [0, 0.1) is 0 Å². The lowest BCUT2D eigenvalue weighted by molar-refractivity contribution is 0.0306. The molecule has 4 nitrogen and oxygen atoms in total. The average Bonchev–Trinajstić information content (AvgIpc) is 2.80. The van der Waals surface area contributed by atoms with Crippen molar-refractivity contribution in [2.24, 2.45) is 0 Å². The predicted molar refractivity (Wildman–Crippen MR) is 78.9 cm³/mol. The highest BCUT2D eigenvalue weighted by Crippen LogP contribution is 2.33. The molecule has 1 aliphatic rings. The highest BCUT2D eigenvalue weighted by Gasteiger charge is 2.26. The molecule has 0 spiro atoms. The Morgan fingerprint density at radius 3 is 2.75 bits per heavy atom. The zero-order valence-electron chi connectivity index (χ0n) is 11.8. The normalized spacial score (nSPS) is 15.2. The smallest absolute Gasteiger partial charge is 0.410 e. The van der Waals surface area contributed by atoms with E-state index in [0.717, 1.165) is 11.1 Å². The summed E-state index contributed by atoms with van der Waals surface area (Å²) in [6.07, 6.45) is 1.57. The van der Waals surface area contributed by atoms with E-state index in [1.165, 1.54) is 6.07 Å². The van der Waals surface area contributed by atoms with Gasteiger partial charge in [-0.05, 0) is 32.4 Å². The van der Waals surface area contributed by atoms with Gasteiger partial charge in [-0.1, -0.05) is 29.8 Å². The van der Waals surface area contributed by atoms with E-state index in [-0.39, 0.29) is 11.8 Å².